The van der Waals surface area contributed by atoms with Gasteiger partial charge in [0.1, 0.15) is 5.82 Å². The Balaban J connectivity index is 1.31. The largest absolute Gasteiger partial charge is 0.362 e. The van der Waals surface area contributed by atoms with Crippen molar-refractivity contribution in [3.05, 3.63) is 59.9 Å². The summed E-state index contributed by atoms with van der Waals surface area (Å²) in [6, 6.07) is 14.4. The Morgan fingerprint density at radius 1 is 1.14 bits per heavy atom. The highest BCUT2D eigenvalue weighted by molar-refractivity contribution is 7.98. The Hall–Kier alpha value is -2.12. The maximum absolute atomic E-state index is 12.9. The van der Waals surface area contributed by atoms with E-state index in [0.717, 1.165) is 54.4 Å². The van der Waals surface area contributed by atoms with Gasteiger partial charge in [0.05, 0.1) is 0 Å². The van der Waals surface area contributed by atoms with Gasteiger partial charge in [-0.15, -0.1) is 0 Å². The molecule has 1 amide bonds. The number of rotatable bonds is 8. The van der Waals surface area contributed by atoms with Gasteiger partial charge in [0.2, 0.25) is 5.91 Å². The van der Waals surface area contributed by atoms with Crippen LogP contribution >= 0.6 is 24.0 Å². The van der Waals surface area contributed by atoms with Crippen LogP contribution in [-0.2, 0) is 10.5 Å². The number of nitrogens with zero attached hydrogens (tertiary/aromatic N) is 1. The Kier molecular flexibility index (Phi) is 7.68. The number of thiocarbonyl (C=S) groups is 1. The van der Waals surface area contributed by atoms with Crippen LogP contribution in [0, 0.1) is 5.82 Å². The van der Waals surface area contributed by atoms with Crippen molar-refractivity contribution < 1.29 is 9.18 Å². The number of benzene rings is 2. The molecule has 2 aromatic carbocycles. The fourth-order valence-electron chi connectivity index (χ4n) is 2.97. The fourth-order valence-corrected chi connectivity index (χ4v) is 4.11. The van der Waals surface area contributed by atoms with Gasteiger partial charge in [-0.2, -0.15) is 11.8 Å². The van der Waals surface area contributed by atoms with E-state index in [-0.39, 0.29) is 11.7 Å². The van der Waals surface area contributed by atoms with E-state index in [2.05, 4.69) is 10.6 Å². The molecule has 0 bridgehead atoms. The molecule has 3 rings (SSSR count). The van der Waals surface area contributed by atoms with Crippen LogP contribution in [0.1, 0.15) is 24.8 Å². The van der Waals surface area contributed by atoms with Crippen LogP contribution in [0.5, 0.6) is 0 Å². The molecule has 0 aromatic heterocycles. The average Bonchev–Trinajstić information content (AvgIpc) is 3.12. The third kappa shape index (κ3) is 6.21. The Morgan fingerprint density at radius 2 is 1.89 bits per heavy atom. The molecule has 1 saturated heterocycles. The average molecular weight is 418 g/mol. The number of halogens is 1. The van der Waals surface area contributed by atoms with Crippen molar-refractivity contribution in [2.75, 3.05) is 29.1 Å². The lowest BCUT2D eigenvalue weighted by Crippen LogP contribution is -2.29. The minimum absolute atomic E-state index is 0.190. The molecule has 1 heterocycles. The van der Waals surface area contributed by atoms with Crippen molar-refractivity contribution in [1.29, 1.82) is 0 Å². The lowest BCUT2D eigenvalue weighted by Gasteiger charge is -2.16. The van der Waals surface area contributed by atoms with Gasteiger partial charge >= 0.3 is 0 Å². The van der Waals surface area contributed by atoms with E-state index in [1.54, 1.807) is 0 Å². The fraction of sp³-hybridized carbons (Fsp3) is 0.333. The Morgan fingerprint density at radius 3 is 2.57 bits per heavy atom. The van der Waals surface area contributed by atoms with Gasteiger partial charge in [0, 0.05) is 36.6 Å². The zero-order chi connectivity index (χ0) is 19.8. The Labute approximate surface area is 174 Å². The zero-order valence-electron chi connectivity index (χ0n) is 15.6. The summed E-state index contributed by atoms with van der Waals surface area (Å²) in [6.45, 7) is 1.59. The Bertz CT molecular complexity index is 796. The molecule has 4 nitrogen and oxygen atoms in total. The first-order valence-corrected chi connectivity index (χ1v) is 11.0. The summed E-state index contributed by atoms with van der Waals surface area (Å²) in [5.41, 5.74) is 2.97. The normalized spacial score (nSPS) is 13.6. The molecule has 0 aliphatic carbocycles. The number of amides is 1. The van der Waals surface area contributed by atoms with Crippen LogP contribution in [0.25, 0.3) is 0 Å². The molecule has 7 heteroatoms. The highest BCUT2D eigenvalue weighted by Gasteiger charge is 2.21. The summed E-state index contributed by atoms with van der Waals surface area (Å²) < 4.78 is 12.9. The minimum Gasteiger partial charge on any atom is -0.362 e. The van der Waals surface area contributed by atoms with Crippen LogP contribution in [0.3, 0.4) is 0 Å². The van der Waals surface area contributed by atoms with Crippen molar-refractivity contribution in [1.82, 2.24) is 5.32 Å². The zero-order valence-corrected chi connectivity index (χ0v) is 17.3. The number of carbonyl (C=O) groups excluding carboxylic acids is 1. The molecular formula is C21H24FN3OS2. The number of hydrogen-bond donors (Lipinski definition) is 2. The minimum atomic E-state index is -0.196. The van der Waals surface area contributed by atoms with Gasteiger partial charge in [-0.25, -0.2) is 4.39 Å². The molecule has 1 aliphatic rings. The van der Waals surface area contributed by atoms with Gasteiger partial charge in [-0.1, -0.05) is 12.1 Å². The summed E-state index contributed by atoms with van der Waals surface area (Å²) >= 11 is 7.16. The predicted octanol–water partition coefficient (Wildman–Crippen LogP) is 4.56. The first kappa shape index (κ1) is 20.6. The van der Waals surface area contributed by atoms with Crippen molar-refractivity contribution in [3.8, 4) is 0 Å². The molecule has 0 spiro atoms. The lowest BCUT2D eigenvalue weighted by molar-refractivity contribution is -0.117. The molecule has 2 aromatic rings. The first-order valence-electron chi connectivity index (χ1n) is 9.39. The van der Waals surface area contributed by atoms with E-state index in [0.29, 0.717) is 11.5 Å². The topological polar surface area (TPSA) is 44.4 Å². The van der Waals surface area contributed by atoms with E-state index in [4.69, 9.17) is 12.2 Å². The predicted molar refractivity (Wildman–Crippen MR) is 119 cm³/mol. The van der Waals surface area contributed by atoms with Crippen LogP contribution in [0.15, 0.2) is 48.5 Å². The second-order valence-electron chi connectivity index (χ2n) is 6.61. The van der Waals surface area contributed by atoms with Crippen LogP contribution < -0.4 is 15.5 Å². The van der Waals surface area contributed by atoms with Gasteiger partial charge in [0.25, 0.3) is 0 Å². The molecule has 0 saturated carbocycles. The molecule has 2 N–H and O–H groups in total. The third-order valence-corrected chi connectivity index (χ3v) is 5.80. The molecular weight excluding hydrogens is 393 g/mol. The van der Waals surface area contributed by atoms with E-state index in [9.17, 15) is 9.18 Å². The molecule has 0 unspecified atom stereocenters. The van der Waals surface area contributed by atoms with Crippen LogP contribution in [0.2, 0.25) is 0 Å². The second kappa shape index (κ2) is 10.4. The number of carbonyl (C=O) groups is 1. The van der Waals surface area contributed by atoms with Gasteiger partial charge in [-0.3, -0.25) is 4.79 Å². The second-order valence-corrected chi connectivity index (χ2v) is 8.12. The first-order chi connectivity index (χ1) is 13.6. The van der Waals surface area contributed by atoms with Crippen molar-refractivity contribution in [3.63, 3.8) is 0 Å². The molecule has 28 heavy (non-hydrogen) atoms. The molecule has 1 aliphatic heterocycles. The monoisotopic (exact) mass is 417 g/mol. The summed E-state index contributed by atoms with van der Waals surface area (Å²) in [5.74, 6) is 1.88. The summed E-state index contributed by atoms with van der Waals surface area (Å²) in [5, 5.41) is 6.97. The van der Waals surface area contributed by atoms with Crippen LogP contribution in [-0.4, -0.2) is 29.9 Å². The highest BCUT2D eigenvalue weighted by Crippen LogP contribution is 2.23. The van der Waals surface area contributed by atoms with Crippen molar-refractivity contribution in [2.24, 2.45) is 0 Å². The molecule has 0 radical (unpaired) electrons. The summed E-state index contributed by atoms with van der Waals surface area (Å²) in [4.78, 5) is 13.6. The molecule has 0 atom stereocenters. The number of thioether (sulfide) groups is 1. The molecule has 148 valence electrons. The van der Waals surface area contributed by atoms with Crippen molar-refractivity contribution >= 4 is 46.4 Å². The number of anilines is 2. The standard InChI is InChI=1S/C21H24FN3OS2/c22-17-6-4-16(5-7-17)15-28-14-2-12-23-21(27)24-18-8-10-19(11-9-18)25-13-1-3-20(25)26/h4-11H,1-3,12-15H2,(H2,23,24,27). The maximum atomic E-state index is 12.9. The lowest BCUT2D eigenvalue weighted by atomic mass is 10.2. The summed E-state index contributed by atoms with van der Waals surface area (Å²) in [6.07, 6.45) is 2.55. The van der Waals surface area contributed by atoms with E-state index in [1.807, 2.05) is 53.1 Å². The van der Waals surface area contributed by atoms with Gasteiger partial charge < -0.3 is 15.5 Å². The van der Waals surface area contributed by atoms with Crippen molar-refractivity contribution in [2.45, 2.75) is 25.0 Å². The molecule has 1 fully saturated rings. The maximum Gasteiger partial charge on any atom is 0.227 e. The van der Waals surface area contributed by atoms with E-state index in [1.165, 1.54) is 12.1 Å². The van der Waals surface area contributed by atoms with Gasteiger partial charge in [-0.05, 0) is 72.8 Å². The SMILES string of the molecule is O=C1CCCN1c1ccc(NC(=S)NCCCSCc2ccc(F)cc2)cc1. The van der Waals surface area contributed by atoms with E-state index >= 15 is 0 Å². The van der Waals surface area contributed by atoms with E-state index < -0.39 is 0 Å². The summed E-state index contributed by atoms with van der Waals surface area (Å²) in [7, 11) is 0. The smallest absolute Gasteiger partial charge is 0.227 e. The number of nitrogens with one attached hydrogen (secondary N) is 2. The van der Waals surface area contributed by atoms with Crippen LogP contribution in [0.4, 0.5) is 15.8 Å². The third-order valence-electron chi connectivity index (χ3n) is 4.44. The highest BCUT2D eigenvalue weighted by atomic mass is 32.2. The van der Waals surface area contributed by atoms with Gasteiger partial charge in [0.15, 0.2) is 5.11 Å². The quantitative estimate of drug-likeness (QED) is 0.487. The number of hydrogen-bond acceptors (Lipinski definition) is 3.